The van der Waals surface area contributed by atoms with Crippen LogP contribution in [0.1, 0.15) is 12.5 Å². The number of para-hydroxylation sites is 1. The van der Waals surface area contributed by atoms with E-state index in [1.807, 2.05) is 30.5 Å². The van der Waals surface area contributed by atoms with E-state index in [1.54, 1.807) is 0 Å². The molecule has 1 heterocycles. The van der Waals surface area contributed by atoms with Gasteiger partial charge < -0.3 is 15.4 Å². The third-order valence-corrected chi connectivity index (χ3v) is 2.88. The molecule has 0 radical (unpaired) electrons. The van der Waals surface area contributed by atoms with Crippen molar-refractivity contribution < 1.29 is 9.90 Å². The minimum Gasteiger partial charge on any atom is -0.511 e. The number of rotatable bonds is 4. The summed E-state index contributed by atoms with van der Waals surface area (Å²) >= 11 is 0. The number of aromatic amines is 1. The number of H-pyrrole nitrogens is 1. The molecule has 2 rings (SSSR count). The zero-order chi connectivity index (χ0) is 13.1. The molecular weight excluding hydrogens is 228 g/mol. The monoisotopic (exact) mass is 244 g/mol. The molecule has 0 saturated heterocycles. The maximum Gasteiger partial charge on any atom is 0.217 e. The average Bonchev–Trinajstić information content (AvgIpc) is 2.71. The fourth-order valence-electron chi connectivity index (χ4n) is 2.02. The lowest BCUT2D eigenvalue weighted by molar-refractivity contribution is -0.119. The van der Waals surface area contributed by atoms with Crippen molar-refractivity contribution in [2.45, 2.75) is 19.4 Å². The lowest BCUT2D eigenvalue weighted by Crippen LogP contribution is -2.36. The van der Waals surface area contributed by atoms with E-state index in [2.05, 4.69) is 16.9 Å². The van der Waals surface area contributed by atoms with Gasteiger partial charge in [-0.1, -0.05) is 24.8 Å². The van der Waals surface area contributed by atoms with Crippen LogP contribution >= 0.6 is 0 Å². The van der Waals surface area contributed by atoms with E-state index >= 15 is 0 Å². The number of fused-ring (bicyclic) bond motifs is 1. The van der Waals surface area contributed by atoms with Crippen molar-refractivity contribution in [3.8, 4) is 0 Å². The highest BCUT2D eigenvalue weighted by atomic mass is 16.3. The van der Waals surface area contributed by atoms with Crippen LogP contribution in [0.4, 0.5) is 0 Å². The maximum atomic E-state index is 11.1. The standard InChI is InChI=1S/C14H16N2O2/c1-9(17)14(16-10(2)18)7-11-8-15-13-6-4-3-5-12(11)13/h3-6,8,14-15,17H,1,7H2,2H3,(H,16,18)/t14-/m0/s1. The van der Waals surface area contributed by atoms with Gasteiger partial charge in [0.1, 0.15) is 5.76 Å². The van der Waals surface area contributed by atoms with E-state index < -0.39 is 6.04 Å². The van der Waals surface area contributed by atoms with Crippen LogP contribution in [0.25, 0.3) is 10.9 Å². The van der Waals surface area contributed by atoms with Crippen molar-refractivity contribution >= 4 is 16.8 Å². The van der Waals surface area contributed by atoms with Gasteiger partial charge in [0.05, 0.1) is 6.04 Å². The first-order chi connectivity index (χ1) is 8.58. The van der Waals surface area contributed by atoms with Gasteiger partial charge in [-0.05, 0) is 11.6 Å². The van der Waals surface area contributed by atoms with Crippen molar-refractivity contribution in [2.24, 2.45) is 0 Å². The highest BCUT2D eigenvalue weighted by molar-refractivity contribution is 5.83. The third-order valence-electron chi connectivity index (χ3n) is 2.88. The normalized spacial score (nSPS) is 12.3. The first kappa shape index (κ1) is 12.2. The van der Waals surface area contributed by atoms with Gasteiger partial charge in [-0.25, -0.2) is 0 Å². The SMILES string of the molecule is C=C(O)[C@H](Cc1c[nH]c2ccccc12)NC(C)=O. The number of aliphatic hydroxyl groups excluding tert-OH is 1. The van der Waals surface area contributed by atoms with Gasteiger partial charge in [0, 0.05) is 30.4 Å². The molecule has 1 aromatic carbocycles. The largest absolute Gasteiger partial charge is 0.511 e. The van der Waals surface area contributed by atoms with E-state index in [9.17, 15) is 9.90 Å². The molecule has 4 nitrogen and oxygen atoms in total. The molecule has 18 heavy (non-hydrogen) atoms. The zero-order valence-corrected chi connectivity index (χ0v) is 10.2. The molecule has 0 aliphatic carbocycles. The number of amides is 1. The quantitative estimate of drug-likeness (QED) is 0.722. The van der Waals surface area contributed by atoms with Crippen LogP contribution in [-0.2, 0) is 11.2 Å². The Bertz CT molecular complexity index is 586. The average molecular weight is 244 g/mol. The van der Waals surface area contributed by atoms with E-state index in [4.69, 9.17) is 0 Å². The van der Waals surface area contributed by atoms with Crippen LogP contribution in [-0.4, -0.2) is 22.0 Å². The Balaban J connectivity index is 2.26. The molecule has 2 aromatic rings. The van der Waals surface area contributed by atoms with Gasteiger partial charge in [-0.15, -0.1) is 0 Å². The second-order valence-electron chi connectivity index (χ2n) is 4.31. The number of hydrogen-bond acceptors (Lipinski definition) is 2. The summed E-state index contributed by atoms with van der Waals surface area (Å²) in [4.78, 5) is 14.2. The number of aromatic nitrogens is 1. The van der Waals surface area contributed by atoms with E-state index in [1.165, 1.54) is 6.92 Å². The molecule has 0 fully saturated rings. The van der Waals surface area contributed by atoms with Gasteiger partial charge in [0.2, 0.25) is 5.91 Å². The topological polar surface area (TPSA) is 65.1 Å². The maximum absolute atomic E-state index is 11.1. The number of nitrogens with one attached hydrogen (secondary N) is 2. The van der Waals surface area contributed by atoms with Crippen LogP contribution in [0.2, 0.25) is 0 Å². The summed E-state index contributed by atoms with van der Waals surface area (Å²) in [5.74, 6) is -0.217. The smallest absolute Gasteiger partial charge is 0.217 e. The molecule has 4 heteroatoms. The van der Waals surface area contributed by atoms with Crippen LogP contribution in [0.3, 0.4) is 0 Å². The molecule has 0 saturated carbocycles. The Morgan fingerprint density at radius 3 is 2.89 bits per heavy atom. The zero-order valence-electron chi connectivity index (χ0n) is 10.2. The van der Waals surface area contributed by atoms with Crippen molar-refractivity contribution in [1.29, 1.82) is 0 Å². The van der Waals surface area contributed by atoms with Crippen molar-refractivity contribution in [2.75, 3.05) is 0 Å². The minimum absolute atomic E-state index is 0.0320. The van der Waals surface area contributed by atoms with Crippen LogP contribution in [0.5, 0.6) is 0 Å². The Labute approximate surface area is 105 Å². The van der Waals surface area contributed by atoms with Gasteiger partial charge in [0.15, 0.2) is 0 Å². The van der Waals surface area contributed by atoms with E-state index in [0.717, 1.165) is 16.5 Å². The fraction of sp³-hybridized carbons (Fsp3) is 0.214. The first-order valence-electron chi connectivity index (χ1n) is 5.78. The highest BCUT2D eigenvalue weighted by Crippen LogP contribution is 2.20. The first-order valence-corrected chi connectivity index (χ1v) is 5.78. The molecule has 0 aliphatic heterocycles. The second-order valence-corrected chi connectivity index (χ2v) is 4.31. The summed E-state index contributed by atoms with van der Waals surface area (Å²) in [6.45, 7) is 4.92. The number of benzene rings is 1. The number of hydrogen-bond donors (Lipinski definition) is 3. The Hall–Kier alpha value is -2.23. The molecule has 0 spiro atoms. The molecule has 94 valence electrons. The molecule has 3 N–H and O–H groups in total. The predicted molar refractivity (Wildman–Crippen MR) is 71.4 cm³/mol. The Morgan fingerprint density at radius 1 is 1.50 bits per heavy atom. The molecule has 0 unspecified atom stereocenters. The number of carbonyl (C=O) groups is 1. The van der Waals surface area contributed by atoms with Gasteiger partial charge in [-0.3, -0.25) is 4.79 Å². The summed E-state index contributed by atoms with van der Waals surface area (Å²) < 4.78 is 0. The highest BCUT2D eigenvalue weighted by Gasteiger charge is 2.15. The number of aliphatic hydroxyl groups is 1. The molecule has 1 atom stereocenters. The molecular formula is C14H16N2O2. The van der Waals surface area contributed by atoms with Gasteiger partial charge in [0.25, 0.3) is 0 Å². The van der Waals surface area contributed by atoms with Crippen LogP contribution in [0, 0.1) is 0 Å². The second kappa shape index (κ2) is 4.96. The lowest BCUT2D eigenvalue weighted by atomic mass is 10.0. The van der Waals surface area contributed by atoms with Crippen molar-refractivity contribution in [1.82, 2.24) is 10.3 Å². The molecule has 0 bridgehead atoms. The summed E-state index contributed by atoms with van der Waals surface area (Å²) in [6.07, 6.45) is 2.40. The van der Waals surface area contributed by atoms with Gasteiger partial charge >= 0.3 is 0 Å². The Morgan fingerprint density at radius 2 is 2.22 bits per heavy atom. The molecule has 1 aromatic heterocycles. The number of carbonyl (C=O) groups excluding carboxylic acids is 1. The van der Waals surface area contributed by atoms with Crippen molar-refractivity contribution in [3.63, 3.8) is 0 Å². The summed E-state index contributed by atoms with van der Waals surface area (Å²) in [6, 6.07) is 7.45. The minimum atomic E-state index is -0.457. The Kier molecular flexibility index (Phi) is 3.37. The molecule has 1 amide bonds. The van der Waals surface area contributed by atoms with Gasteiger partial charge in [-0.2, -0.15) is 0 Å². The fourth-order valence-corrected chi connectivity index (χ4v) is 2.02. The summed E-state index contributed by atoms with van der Waals surface area (Å²) in [5.41, 5.74) is 2.08. The third kappa shape index (κ3) is 2.53. The van der Waals surface area contributed by atoms with E-state index in [0.29, 0.717) is 6.42 Å². The van der Waals surface area contributed by atoms with Crippen LogP contribution in [0.15, 0.2) is 42.8 Å². The predicted octanol–water partition coefficient (Wildman–Crippen LogP) is 2.29. The molecule has 0 aliphatic rings. The lowest BCUT2D eigenvalue weighted by Gasteiger charge is -2.16. The van der Waals surface area contributed by atoms with Crippen molar-refractivity contribution in [3.05, 3.63) is 48.4 Å². The summed E-state index contributed by atoms with van der Waals surface area (Å²) in [7, 11) is 0. The van der Waals surface area contributed by atoms with Crippen LogP contribution < -0.4 is 5.32 Å². The van der Waals surface area contributed by atoms with E-state index in [-0.39, 0.29) is 11.7 Å². The summed E-state index contributed by atoms with van der Waals surface area (Å²) in [5, 5.41) is 13.3.